The van der Waals surface area contributed by atoms with Crippen molar-refractivity contribution in [3.8, 4) is 22.8 Å². The number of hydrogen-bond acceptors (Lipinski definition) is 6. The SMILES string of the molecule is Cc1cccc(CCNc2cc(-c3cccnc3)nc(-c3ccccn3)n2)n1. The molecule has 4 heterocycles. The minimum Gasteiger partial charge on any atom is -0.370 e. The van der Waals surface area contributed by atoms with Crippen LogP contribution >= 0.6 is 0 Å². The number of nitrogens with zero attached hydrogens (tertiary/aromatic N) is 5. The van der Waals surface area contributed by atoms with Gasteiger partial charge in [0, 0.05) is 54.6 Å². The van der Waals surface area contributed by atoms with Crippen LogP contribution < -0.4 is 5.32 Å². The molecule has 0 unspecified atom stereocenters. The van der Waals surface area contributed by atoms with Gasteiger partial charge in [-0.25, -0.2) is 9.97 Å². The number of anilines is 1. The maximum Gasteiger partial charge on any atom is 0.180 e. The Bertz CT molecular complexity index is 993. The molecule has 4 aromatic rings. The van der Waals surface area contributed by atoms with Gasteiger partial charge in [-0.05, 0) is 43.3 Å². The molecule has 6 nitrogen and oxygen atoms in total. The standard InChI is InChI=1S/C22H20N6/c1-16-6-4-8-18(26-16)10-13-25-21-14-20(17-7-5-11-23-15-17)27-22(28-21)19-9-2-3-12-24-19/h2-9,11-12,14-15H,10,13H2,1H3,(H,25,27,28). The Kier molecular flexibility index (Phi) is 5.29. The Hall–Kier alpha value is -3.67. The zero-order valence-corrected chi connectivity index (χ0v) is 15.6. The lowest BCUT2D eigenvalue weighted by atomic mass is 10.2. The predicted molar refractivity (Wildman–Crippen MR) is 110 cm³/mol. The molecule has 0 aromatic carbocycles. The zero-order valence-electron chi connectivity index (χ0n) is 15.6. The Balaban J connectivity index is 1.60. The summed E-state index contributed by atoms with van der Waals surface area (Å²) in [5.74, 6) is 1.33. The van der Waals surface area contributed by atoms with E-state index in [0.29, 0.717) is 5.82 Å². The molecule has 28 heavy (non-hydrogen) atoms. The maximum atomic E-state index is 4.69. The van der Waals surface area contributed by atoms with Crippen molar-refractivity contribution in [1.82, 2.24) is 24.9 Å². The summed E-state index contributed by atoms with van der Waals surface area (Å²) in [4.78, 5) is 22.5. The van der Waals surface area contributed by atoms with E-state index in [1.165, 1.54) is 0 Å². The molecular formula is C22H20N6. The Labute approximate surface area is 163 Å². The van der Waals surface area contributed by atoms with Crippen LogP contribution in [0.3, 0.4) is 0 Å². The van der Waals surface area contributed by atoms with Gasteiger partial charge in [0.15, 0.2) is 5.82 Å². The first-order chi connectivity index (χ1) is 13.8. The van der Waals surface area contributed by atoms with Gasteiger partial charge in [-0.15, -0.1) is 0 Å². The summed E-state index contributed by atoms with van der Waals surface area (Å²) < 4.78 is 0. The van der Waals surface area contributed by atoms with E-state index in [1.54, 1.807) is 18.6 Å². The molecule has 0 saturated carbocycles. The quantitative estimate of drug-likeness (QED) is 0.555. The summed E-state index contributed by atoms with van der Waals surface area (Å²) in [6.45, 7) is 2.72. The third kappa shape index (κ3) is 4.35. The van der Waals surface area contributed by atoms with Crippen molar-refractivity contribution in [2.45, 2.75) is 13.3 Å². The molecule has 0 radical (unpaired) electrons. The largest absolute Gasteiger partial charge is 0.370 e. The number of nitrogens with one attached hydrogen (secondary N) is 1. The van der Waals surface area contributed by atoms with Crippen LogP contribution in [-0.4, -0.2) is 31.5 Å². The van der Waals surface area contributed by atoms with Crippen LogP contribution in [0.4, 0.5) is 5.82 Å². The smallest absolute Gasteiger partial charge is 0.180 e. The van der Waals surface area contributed by atoms with Crippen LogP contribution in [0.2, 0.25) is 0 Å². The van der Waals surface area contributed by atoms with E-state index in [-0.39, 0.29) is 0 Å². The number of aromatic nitrogens is 5. The first-order valence-corrected chi connectivity index (χ1v) is 9.15. The van der Waals surface area contributed by atoms with E-state index in [9.17, 15) is 0 Å². The highest BCUT2D eigenvalue weighted by Gasteiger charge is 2.10. The molecule has 4 aromatic heterocycles. The van der Waals surface area contributed by atoms with Crippen LogP contribution in [0.25, 0.3) is 22.8 Å². The Morgan fingerprint density at radius 1 is 0.857 bits per heavy atom. The van der Waals surface area contributed by atoms with Gasteiger partial charge in [-0.3, -0.25) is 15.0 Å². The fourth-order valence-electron chi connectivity index (χ4n) is 2.87. The fourth-order valence-corrected chi connectivity index (χ4v) is 2.87. The molecule has 6 heteroatoms. The van der Waals surface area contributed by atoms with Gasteiger partial charge in [0.05, 0.1) is 5.69 Å². The molecule has 4 rings (SSSR count). The maximum absolute atomic E-state index is 4.69. The topological polar surface area (TPSA) is 76.5 Å². The van der Waals surface area contributed by atoms with Gasteiger partial charge in [-0.1, -0.05) is 12.1 Å². The van der Waals surface area contributed by atoms with E-state index in [0.717, 1.165) is 47.1 Å². The predicted octanol–water partition coefficient (Wildman–Crippen LogP) is 3.96. The van der Waals surface area contributed by atoms with E-state index < -0.39 is 0 Å². The van der Waals surface area contributed by atoms with E-state index >= 15 is 0 Å². The van der Waals surface area contributed by atoms with Crippen LogP contribution in [0, 0.1) is 6.92 Å². The average Bonchev–Trinajstić information content (AvgIpc) is 2.75. The summed E-state index contributed by atoms with van der Waals surface area (Å²) in [6, 6.07) is 17.6. The van der Waals surface area contributed by atoms with Crippen molar-refractivity contribution in [3.63, 3.8) is 0 Å². The minimum absolute atomic E-state index is 0.582. The van der Waals surface area contributed by atoms with E-state index in [2.05, 4.69) is 30.2 Å². The third-order valence-corrected chi connectivity index (χ3v) is 4.21. The summed E-state index contributed by atoms with van der Waals surface area (Å²) in [7, 11) is 0. The highest BCUT2D eigenvalue weighted by atomic mass is 15.0. The molecule has 138 valence electrons. The molecular weight excluding hydrogens is 348 g/mol. The highest BCUT2D eigenvalue weighted by Crippen LogP contribution is 2.22. The van der Waals surface area contributed by atoms with Crippen molar-refractivity contribution in [2.24, 2.45) is 0 Å². The second-order valence-corrected chi connectivity index (χ2v) is 6.37. The third-order valence-electron chi connectivity index (χ3n) is 4.21. The van der Waals surface area contributed by atoms with Crippen molar-refractivity contribution in [1.29, 1.82) is 0 Å². The lowest BCUT2D eigenvalue weighted by Crippen LogP contribution is -2.09. The number of hydrogen-bond donors (Lipinski definition) is 1. The Morgan fingerprint density at radius 2 is 1.82 bits per heavy atom. The molecule has 0 bridgehead atoms. The molecule has 0 spiro atoms. The Morgan fingerprint density at radius 3 is 2.61 bits per heavy atom. The van der Waals surface area contributed by atoms with Gasteiger partial charge >= 0.3 is 0 Å². The summed E-state index contributed by atoms with van der Waals surface area (Å²) in [6.07, 6.45) is 6.10. The second kappa shape index (κ2) is 8.35. The van der Waals surface area contributed by atoms with Crippen LogP contribution in [-0.2, 0) is 6.42 Å². The number of pyridine rings is 3. The molecule has 0 amide bonds. The normalized spacial score (nSPS) is 10.6. The van der Waals surface area contributed by atoms with Crippen molar-refractivity contribution in [2.75, 3.05) is 11.9 Å². The lowest BCUT2D eigenvalue weighted by Gasteiger charge is -2.10. The van der Waals surface area contributed by atoms with Crippen molar-refractivity contribution < 1.29 is 0 Å². The van der Waals surface area contributed by atoms with E-state index in [1.807, 2.05) is 61.5 Å². The molecule has 0 saturated heterocycles. The van der Waals surface area contributed by atoms with Crippen LogP contribution in [0.1, 0.15) is 11.4 Å². The van der Waals surface area contributed by atoms with E-state index in [4.69, 9.17) is 0 Å². The van der Waals surface area contributed by atoms with Crippen LogP contribution in [0.5, 0.6) is 0 Å². The molecule has 1 N–H and O–H groups in total. The van der Waals surface area contributed by atoms with Crippen LogP contribution in [0.15, 0.2) is 73.2 Å². The zero-order chi connectivity index (χ0) is 19.2. The highest BCUT2D eigenvalue weighted by molar-refractivity contribution is 5.65. The van der Waals surface area contributed by atoms with Gasteiger partial charge < -0.3 is 5.32 Å². The molecule has 0 fully saturated rings. The molecule has 0 aliphatic heterocycles. The number of rotatable bonds is 6. The minimum atomic E-state index is 0.582. The molecule has 0 atom stereocenters. The van der Waals surface area contributed by atoms with Crippen molar-refractivity contribution in [3.05, 3.63) is 84.6 Å². The molecule has 0 aliphatic rings. The summed E-state index contributed by atoms with van der Waals surface area (Å²) in [5.41, 5.74) is 4.55. The van der Waals surface area contributed by atoms with Gasteiger partial charge in [0.2, 0.25) is 0 Å². The first kappa shape index (κ1) is 17.7. The first-order valence-electron chi connectivity index (χ1n) is 9.15. The number of aryl methyl sites for hydroxylation is 1. The van der Waals surface area contributed by atoms with Crippen molar-refractivity contribution >= 4 is 5.82 Å². The second-order valence-electron chi connectivity index (χ2n) is 6.37. The summed E-state index contributed by atoms with van der Waals surface area (Å²) >= 11 is 0. The van der Waals surface area contributed by atoms with Gasteiger partial charge in [-0.2, -0.15) is 0 Å². The summed E-state index contributed by atoms with van der Waals surface area (Å²) in [5, 5.41) is 3.39. The fraction of sp³-hybridized carbons (Fsp3) is 0.136. The average molecular weight is 368 g/mol. The van der Waals surface area contributed by atoms with Gasteiger partial charge in [0.1, 0.15) is 11.5 Å². The van der Waals surface area contributed by atoms with Gasteiger partial charge in [0.25, 0.3) is 0 Å². The molecule has 0 aliphatic carbocycles. The monoisotopic (exact) mass is 368 g/mol. The lowest BCUT2D eigenvalue weighted by molar-refractivity contribution is 0.938.